The number of allylic oxidation sites excluding steroid dienone is 2. The molecule has 0 N–H and O–H groups in total. The van der Waals surface area contributed by atoms with E-state index in [1.165, 1.54) is 41.8 Å². The Hall–Kier alpha value is -2.56. The predicted octanol–water partition coefficient (Wildman–Crippen LogP) is 3.67. The summed E-state index contributed by atoms with van der Waals surface area (Å²) < 4.78 is 5.79. The predicted molar refractivity (Wildman–Crippen MR) is 110 cm³/mol. The molecule has 3 aromatic rings. The summed E-state index contributed by atoms with van der Waals surface area (Å²) in [7, 11) is 3.68. The van der Waals surface area contributed by atoms with Gasteiger partial charge in [0.15, 0.2) is 0 Å². The zero-order valence-electron chi connectivity index (χ0n) is 16.7. The third kappa shape index (κ3) is 2.25. The summed E-state index contributed by atoms with van der Waals surface area (Å²) >= 11 is 0. The van der Waals surface area contributed by atoms with Gasteiger partial charge in [0.05, 0.1) is 23.1 Å². The molecule has 3 aliphatic rings. The topological polar surface area (TPSA) is 44.8 Å². The first kappa shape index (κ1) is 16.4. The van der Waals surface area contributed by atoms with Gasteiger partial charge in [0, 0.05) is 32.3 Å². The van der Waals surface area contributed by atoms with Crippen molar-refractivity contribution in [3.05, 3.63) is 58.0 Å². The number of hydrogen-bond donors (Lipinski definition) is 0. The molecule has 0 saturated heterocycles. The van der Waals surface area contributed by atoms with Gasteiger partial charge < -0.3 is 4.57 Å². The van der Waals surface area contributed by atoms with Crippen LogP contribution in [0.4, 0.5) is 0 Å². The van der Waals surface area contributed by atoms with Gasteiger partial charge in [-0.1, -0.05) is 19.1 Å². The molecule has 3 aliphatic carbocycles. The molecule has 5 nitrogen and oxygen atoms in total. The van der Waals surface area contributed by atoms with E-state index in [0.29, 0.717) is 5.92 Å². The molecular weight excluding hydrogens is 348 g/mol. The second kappa shape index (κ2) is 5.49. The third-order valence-corrected chi connectivity index (χ3v) is 7.32. The Morgan fingerprint density at radius 2 is 1.93 bits per heavy atom. The molecule has 144 valence electrons. The molecule has 1 aromatic carbocycles. The Labute approximate surface area is 164 Å². The van der Waals surface area contributed by atoms with E-state index < -0.39 is 0 Å². The molecule has 2 aromatic heterocycles. The molecule has 3 atom stereocenters. The highest BCUT2D eigenvalue weighted by molar-refractivity contribution is 5.77. The molecule has 0 aliphatic heterocycles. The number of nitrogens with zero attached hydrogens (tertiary/aromatic N) is 4. The lowest BCUT2D eigenvalue weighted by atomic mass is 10.0. The average molecular weight is 374 g/mol. The fourth-order valence-electron chi connectivity index (χ4n) is 5.30. The van der Waals surface area contributed by atoms with Gasteiger partial charge in [0.25, 0.3) is 0 Å². The van der Waals surface area contributed by atoms with Crippen molar-refractivity contribution >= 4 is 16.6 Å². The minimum Gasteiger partial charge on any atom is -0.329 e. The molecule has 5 heteroatoms. The standard InChI is InChI=1S/C23H26N4O/c1-13-17-9-16(10-18(13)17)21-22(15-5-6-15)27(12-24-21)11-14-4-7-19-20(8-14)26(3)23(28)25(19)2/h4,7-9,12-13,15,17-18H,5-6,10-11H2,1-3H3/t13-,17+,18-/m1/s1. The van der Waals surface area contributed by atoms with Crippen LogP contribution in [-0.2, 0) is 20.6 Å². The smallest absolute Gasteiger partial charge is 0.328 e. The van der Waals surface area contributed by atoms with Crippen LogP contribution in [0.5, 0.6) is 0 Å². The molecule has 0 radical (unpaired) electrons. The van der Waals surface area contributed by atoms with Gasteiger partial charge in [-0.15, -0.1) is 0 Å². The van der Waals surface area contributed by atoms with Crippen LogP contribution in [0.25, 0.3) is 16.6 Å². The van der Waals surface area contributed by atoms with Crippen molar-refractivity contribution in [1.82, 2.24) is 18.7 Å². The lowest BCUT2D eigenvalue weighted by molar-refractivity contribution is 0.739. The summed E-state index contributed by atoms with van der Waals surface area (Å²) in [4.78, 5) is 17.1. The van der Waals surface area contributed by atoms with E-state index in [0.717, 1.165) is 35.3 Å². The number of rotatable bonds is 4. The average Bonchev–Trinajstić information content (AvgIpc) is 3.49. The molecule has 0 bridgehead atoms. The first-order valence-corrected chi connectivity index (χ1v) is 10.4. The van der Waals surface area contributed by atoms with E-state index in [-0.39, 0.29) is 5.69 Å². The van der Waals surface area contributed by atoms with Gasteiger partial charge in [-0.05, 0) is 60.3 Å². The monoisotopic (exact) mass is 374 g/mol. The van der Waals surface area contributed by atoms with Crippen molar-refractivity contribution in [3.8, 4) is 0 Å². The normalized spacial score (nSPS) is 26.0. The van der Waals surface area contributed by atoms with Gasteiger partial charge in [-0.3, -0.25) is 9.13 Å². The van der Waals surface area contributed by atoms with E-state index in [1.807, 2.05) is 20.4 Å². The SMILES string of the molecule is C[C@@H]1[C@@H]2C=C(c3ncn(Cc4ccc5c(c4)n(C)c(=O)n5C)c3C3CC3)C[C@H]12. The minimum atomic E-state index is 0.0247. The van der Waals surface area contributed by atoms with E-state index >= 15 is 0 Å². The fourth-order valence-corrected chi connectivity index (χ4v) is 5.30. The van der Waals surface area contributed by atoms with Gasteiger partial charge in [0.2, 0.25) is 0 Å². The van der Waals surface area contributed by atoms with Crippen LogP contribution in [0.15, 0.2) is 35.4 Å². The highest BCUT2D eigenvalue weighted by atomic mass is 16.1. The molecular formula is C23H26N4O. The summed E-state index contributed by atoms with van der Waals surface area (Å²) in [6.07, 6.45) is 8.30. The van der Waals surface area contributed by atoms with Crippen LogP contribution < -0.4 is 5.69 Å². The van der Waals surface area contributed by atoms with Crippen LogP contribution >= 0.6 is 0 Å². The summed E-state index contributed by atoms with van der Waals surface area (Å²) in [6.45, 7) is 3.18. The Morgan fingerprint density at radius 3 is 2.64 bits per heavy atom. The highest BCUT2D eigenvalue weighted by Gasteiger charge is 2.50. The number of hydrogen-bond acceptors (Lipinski definition) is 2. The van der Waals surface area contributed by atoms with Crippen LogP contribution in [0.3, 0.4) is 0 Å². The maximum absolute atomic E-state index is 12.2. The molecule has 28 heavy (non-hydrogen) atoms. The van der Waals surface area contributed by atoms with Crippen LogP contribution in [0.2, 0.25) is 0 Å². The van der Waals surface area contributed by atoms with Gasteiger partial charge in [0.1, 0.15) is 0 Å². The second-order valence-corrected chi connectivity index (χ2v) is 9.10. The number of imidazole rings is 2. The molecule has 6 rings (SSSR count). The zero-order valence-corrected chi connectivity index (χ0v) is 16.7. The largest absolute Gasteiger partial charge is 0.329 e. The summed E-state index contributed by atoms with van der Waals surface area (Å²) in [5.74, 6) is 3.21. The van der Waals surface area contributed by atoms with Crippen molar-refractivity contribution in [2.24, 2.45) is 31.8 Å². The Kier molecular flexibility index (Phi) is 3.22. The zero-order chi connectivity index (χ0) is 19.2. The van der Waals surface area contributed by atoms with E-state index in [2.05, 4.69) is 35.8 Å². The number of benzene rings is 1. The summed E-state index contributed by atoms with van der Waals surface area (Å²) in [5, 5.41) is 0. The molecule has 0 spiro atoms. The quantitative estimate of drug-likeness (QED) is 0.699. The van der Waals surface area contributed by atoms with Crippen LogP contribution in [-0.4, -0.2) is 18.7 Å². The van der Waals surface area contributed by atoms with Crippen molar-refractivity contribution in [3.63, 3.8) is 0 Å². The van der Waals surface area contributed by atoms with Gasteiger partial charge >= 0.3 is 5.69 Å². The van der Waals surface area contributed by atoms with Crippen LogP contribution in [0.1, 0.15) is 49.1 Å². The molecule has 0 amide bonds. The van der Waals surface area contributed by atoms with Gasteiger partial charge in [-0.25, -0.2) is 9.78 Å². The van der Waals surface area contributed by atoms with Crippen molar-refractivity contribution < 1.29 is 0 Å². The van der Waals surface area contributed by atoms with Crippen molar-refractivity contribution in [1.29, 1.82) is 0 Å². The molecule has 2 saturated carbocycles. The minimum absolute atomic E-state index is 0.0247. The van der Waals surface area contributed by atoms with Crippen molar-refractivity contribution in [2.45, 2.75) is 38.6 Å². The molecule has 2 fully saturated rings. The molecule has 0 unspecified atom stereocenters. The second-order valence-electron chi connectivity index (χ2n) is 9.10. The lowest BCUT2D eigenvalue weighted by Gasteiger charge is -2.11. The first-order chi connectivity index (χ1) is 13.5. The van der Waals surface area contributed by atoms with Gasteiger partial charge in [-0.2, -0.15) is 0 Å². The maximum Gasteiger partial charge on any atom is 0.328 e. The Bertz CT molecular complexity index is 1200. The number of aryl methyl sites for hydroxylation is 2. The molecule has 2 heterocycles. The van der Waals surface area contributed by atoms with E-state index in [9.17, 15) is 4.79 Å². The number of fused-ring (bicyclic) bond motifs is 2. The number of aromatic nitrogens is 4. The van der Waals surface area contributed by atoms with Crippen LogP contribution in [0, 0.1) is 17.8 Å². The van der Waals surface area contributed by atoms with E-state index in [4.69, 9.17) is 4.98 Å². The van der Waals surface area contributed by atoms with Crippen molar-refractivity contribution in [2.75, 3.05) is 0 Å². The Balaban J connectivity index is 1.37. The van der Waals surface area contributed by atoms with E-state index in [1.54, 1.807) is 9.13 Å². The Morgan fingerprint density at radius 1 is 1.14 bits per heavy atom. The lowest BCUT2D eigenvalue weighted by Crippen LogP contribution is -2.19. The highest BCUT2D eigenvalue weighted by Crippen LogP contribution is 2.58. The summed E-state index contributed by atoms with van der Waals surface area (Å²) in [6, 6.07) is 6.36. The third-order valence-electron chi connectivity index (χ3n) is 7.32. The first-order valence-electron chi connectivity index (χ1n) is 10.4. The fraction of sp³-hybridized carbons (Fsp3) is 0.478. The summed E-state index contributed by atoms with van der Waals surface area (Å²) in [5.41, 5.74) is 7.39. The maximum atomic E-state index is 12.2.